The molecule has 0 spiro atoms. The number of ether oxygens (including phenoxy) is 1. The summed E-state index contributed by atoms with van der Waals surface area (Å²) in [7, 11) is 1.55. The zero-order valence-electron chi connectivity index (χ0n) is 11.3. The van der Waals surface area contributed by atoms with E-state index in [2.05, 4.69) is 4.98 Å². The maximum absolute atomic E-state index is 12.0. The van der Waals surface area contributed by atoms with Crippen LogP contribution in [0.15, 0.2) is 11.6 Å². The quantitative estimate of drug-likeness (QED) is 0.792. The van der Waals surface area contributed by atoms with E-state index < -0.39 is 17.7 Å². The normalized spacial score (nSPS) is 12.9. The molecule has 0 bridgehead atoms. The second-order valence-corrected chi connectivity index (χ2v) is 5.86. The van der Waals surface area contributed by atoms with Gasteiger partial charge >= 0.3 is 6.09 Å². The van der Waals surface area contributed by atoms with Crippen molar-refractivity contribution in [2.75, 3.05) is 7.05 Å². The lowest BCUT2D eigenvalue weighted by atomic mass is 10.2. The Labute approximate surface area is 111 Å². The molecule has 18 heavy (non-hydrogen) atoms. The molecule has 0 unspecified atom stereocenters. The third-order valence-electron chi connectivity index (χ3n) is 2.28. The molecular weight excluding hydrogens is 252 g/mol. The number of carbonyl (C=O) groups is 2. The number of amides is 1. The van der Waals surface area contributed by atoms with Gasteiger partial charge in [-0.05, 0) is 27.7 Å². The average Bonchev–Trinajstić information content (AvgIpc) is 2.77. The highest BCUT2D eigenvalue weighted by molar-refractivity contribution is 7.11. The Hall–Kier alpha value is -1.43. The Morgan fingerprint density at radius 2 is 2.06 bits per heavy atom. The summed E-state index contributed by atoms with van der Waals surface area (Å²) >= 11 is 1.26. The van der Waals surface area contributed by atoms with Crippen LogP contribution in [0.4, 0.5) is 4.79 Å². The molecule has 0 saturated heterocycles. The van der Waals surface area contributed by atoms with Gasteiger partial charge in [0, 0.05) is 18.6 Å². The number of Topliss-reactive ketones (excluding diaryl/α,β-unsaturated/α-hetero) is 1. The van der Waals surface area contributed by atoms with E-state index in [1.807, 2.05) is 0 Å². The van der Waals surface area contributed by atoms with E-state index in [1.54, 1.807) is 46.3 Å². The van der Waals surface area contributed by atoms with Gasteiger partial charge in [0.1, 0.15) is 5.60 Å². The van der Waals surface area contributed by atoms with E-state index in [9.17, 15) is 9.59 Å². The van der Waals surface area contributed by atoms with Gasteiger partial charge in [-0.2, -0.15) is 0 Å². The fraction of sp³-hybridized carbons (Fsp3) is 0.583. The number of hydrogen-bond donors (Lipinski definition) is 0. The molecule has 1 heterocycles. The molecule has 0 aliphatic rings. The van der Waals surface area contributed by atoms with E-state index >= 15 is 0 Å². The summed E-state index contributed by atoms with van der Waals surface area (Å²) in [6, 6.07) is -0.592. The molecule has 5 nitrogen and oxygen atoms in total. The van der Waals surface area contributed by atoms with Crippen LogP contribution >= 0.6 is 11.3 Å². The monoisotopic (exact) mass is 270 g/mol. The van der Waals surface area contributed by atoms with Crippen LogP contribution in [0.3, 0.4) is 0 Å². The zero-order chi connectivity index (χ0) is 13.9. The SMILES string of the molecule is C[C@@H](C(=O)c1nccs1)N(C)C(=O)OC(C)(C)C. The van der Waals surface area contributed by atoms with Gasteiger partial charge in [-0.25, -0.2) is 9.78 Å². The van der Waals surface area contributed by atoms with E-state index in [-0.39, 0.29) is 5.78 Å². The second-order valence-electron chi connectivity index (χ2n) is 4.97. The summed E-state index contributed by atoms with van der Waals surface area (Å²) in [6.07, 6.45) is 1.05. The van der Waals surface area contributed by atoms with Crippen LogP contribution in [0.25, 0.3) is 0 Å². The van der Waals surface area contributed by atoms with E-state index in [1.165, 1.54) is 16.2 Å². The maximum Gasteiger partial charge on any atom is 0.410 e. The molecule has 1 aromatic rings. The van der Waals surface area contributed by atoms with Crippen molar-refractivity contribution < 1.29 is 14.3 Å². The van der Waals surface area contributed by atoms with Crippen LogP contribution in [0.5, 0.6) is 0 Å². The Bertz CT molecular complexity index is 423. The molecule has 1 amide bonds. The summed E-state index contributed by atoms with van der Waals surface area (Å²) < 4.78 is 5.21. The van der Waals surface area contributed by atoms with Crippen molar-refractivity contribution >= 4 is 23.2 Å². The number of ketones is 1. The minimum Gasteiger partial charge on any atom is -0.444 e. The van der Waals surface area contributed by atoms with Gasteiger partial charge in [0.15, 0.2) is 5.01 Å². The molecule has 1 atom stereocenters. The lowest BCUT2D eigenvalue weighted by Gasteiger charge is -2.27. The number of likely N-dealkylation sites (N-methyl/N-ethyl adjacent to an activating group) is 1. The minimum absolute atomic E-state index is 0.182. The van der Waals surface area contributed by atoms with Crippen LogP contribution in [0, 0.1) is 0 Å². The lowest BCUT2D eigenvalue weighted by molar-refractivity contribution is 0.0231. The Balaban J connectivity index is 2.69. The summed E-state index contributed by atoms with van der Waals surface area (Å²) in [6.45, 7) is 7.01. The minimum atomic E-state index is -0.592. The van der Waals surface area contributed by atoms with Crippen molar-refractivity contribution in [1.29, 1.82) is 0 Å². The number of carbonyl (C=O) groups excluding carboxylic acids is 2. The van der Waals surface area contributed by atoms with Crippen molar-refractivity contribution in [2.45, 2.75) is 39.3 Å². The largest absolute Gasteiger partial charge is 0.444 e. The number of hydrogen-bond acceptors (Lipinski definition) is 5. The molecule has 1 rings (SSSR count). The highest BCUT2D eigenvalue weighted by Crippen LogP contribution is 2.14. The number of rotatable bonds is 3. The highest BCUT2D eigenvalue weighted by atomic mass is 32.1. The molecule has 0 radical (unpaired) electrons. The molecule has 0 N–H and O–H groups in total. The third-order valence-corrected chi connectivity index (χ3v) is 3.07. The van der Waals surface area contributed by atoms with E-state index in [0.29, 0.717) is 5.01 Å². The molecule has 0 aliphatic carbocycles. The Morgan fingerprint density at radius 1 is 1.44 bits per heavy atom. The first-order valence-electron chi connectivity index (χ1n) is 5.62. The van der Waals surface area contributed by atoms with Crippen LogP contribution in [-0.2, 0) is 4.74 Å². The standard InChI is InChI=1S/C12H18N2O3S/c1-8(9(15)10-13-6-7-18-10)14(5)11(16)17-12(2,3)4/h6-8H,1-5H3/t8-/m0/s1. The summed E-state index contributed by atoms with van der Waals surface area (Å²) in [5.41, 5.74) is -0.574. The van der Waals surface area contributed by atoms with Crippen LogP contribution in [0.1, 0.15) is 37.5 Å². The van der Waals surface area contributed by atoms with E-state index in [0.717, 1.165) is 0 Å². The number of aromatic nitrogens is 1. The first-order valence-corrected chi connectivity index (χ1v) is 6.50. The van der Waals surface area contributed by atoms with Gasteiger partial charge in [-0.1, -0.05) is 0 Å². The van der Waals surface area contributed by atoms with Crippen molar-refractivity contribution in [2.24, 2.45) is 0 Å². The number of nitrogens with zero attached hydrogens (tertiary/aromatic N) is 2. The first kappa shape index (κ1) is 14.6. The van der Waals surface area contributed by atoms with Gasteiger partial charge in [-0.15, -0.1) is 11.3 Å². The predicted octanol–water partition coefficient (Wildman–Crippen LogP) is 2.58. The van der Waals surface area contributed by atoms with Crippen LogP contribution < -0.4 is 0 Å². The van der Waals surface area contributed by atoms with Gasteiger partial charge in [0.05, 0.1) is 6.04 Å². The lowest BCUT2D eigenvalue weighted by Crippen LogP contribution is -2.43. The van der Waals surface area contributed by atoms with Gasteiger partial charge in [0.25, 0.3) is 0 Å². The Morgan fingerprint density at radius 3 is 2.50 bits per heavy atom. The van der Waals surface area contributed by atoms with Crippen molar-refractivity contribution in [3.8, 4) is 0 Å². The molecule has 100 valence electrons. The molecule has 6 heteroatoms. The van der Waals surface area contributed by atoms with Crippen LogP contribution in [-0.4, -0.2) is 40.5 Å². The third kappa shape index (κ3) is 3.80. The fourth-order valence-electron chi connectivity index (χ4n) is 1.19. The molecule has 1 aromatic heterocycles. The molecule has 0 saturated carbocycles. The molecule has 0 aromatic carbocycles. The molecular formula is C12H18N2O3S. The van der Waals surface area contributed by atoms with Crippen LogP contribution in [0.2, 0.25) is 0 Å². The summed E-state index contributed by atoms with van der Waals surface area (Å²) in [4.78, 5) is 29.1. The summed E-state index contributed by atoms with van der Waals surface area (Å²) in [5.74, 6) is -0.182. The predicted molar refractivity (Wildman–Crippen MR) is 69.9 cm³/mol. The molecule has 0 aliphatic heterocycles. The van der Waals surface area contributed by atoms with Crippen molar-refractivity contribution in [3.05, 3.63) is 16.6 Å². The topological polar surface area (TPSA) is 59.5 Å². The molecule has 0 fully saturated rings. The fourth-order valence-corrected chi connectivity index (χ4v) is 1.85. The summed E-state index contributed by atoms with van der Waals surface area (Å²) in [5, 5.41) is 2.13. The second kappa shape index (κ2) is 5.48. The number of thiazole rings is 1. The van der Waals surface area contributed by atoms with Crippen molar-refractivity contribution in [1.82, 2.24) is 9.88 Å². The highest BCUT2D eigenvalue weighted by Gasteiger charge is 2.28. The average molecular weight is 270 g/mol. The smallest absolute Gasteiger partial charge is 0.410 e. The van der Waals surface area contributed by atoms with E-state index in [4.69, 9.17) is 4.74 Å². The maximum atomic E-state index is 12.0. The first-order chi connectivity index (χ1) is 8.22. The Kier molecular flexibility index (Phi) is 4.45. The van der Waals surface area contributed by atoms with Crippen molar-refractivity contribution in [3.63, 3.8) is 0 Å². The zero-order valence-corrected chi connectivity index (χ0v) is 12.1. The van der Waals surface area contributed by atoms with Gasteiger partial charge in [-0.3, -0.25) is 4.79 Å². The van der Waals surface area contributed by atoms with Gasteiger partial charge in [0.2, 0.25) is 5.78 Å². The van der Waals surface area contributed by atoms with Gasteiger partial charge < -0.3 is 9.64 Å².